The average Bonchev–Trinajstić information content (AvgIpc) is 2.28. The van der Waals surface area contributed by atoms with Crippen LogP contribution in [0.2, 0.25) is 0 Å². The van der Waals surface area contributed by atoms with Crippen molar-refractivity contribution >= 4 is 0 Å². The Morgan fingerprint density at radius 1 is 1.24 bits per heavy atom. The molecule has 5 atom stereocenters. The Labute approximate surface area is 106 Å². The van der Waals surface area contributed by atoms with E-state index in [2.05, 4.69) is 20.8 Å². The van der Waals surface area contributed by atoms with Crippen molar-refractivity contribution in [3.63, 3.8) is 0 Å². The number of hydrogen-bond acceptors (Lipinski definition) is 2. The Morgan fingerprint density at radius 3 is 2.53 bits per heavy atom. The molecular formula is C15H30O2. The van der Waals surface area contributed by atoms with Gasteiger partial charge in [0, 0.05) is 0 Å². The average molecular weight is 242 g/mol. The second kappa shape index (κ2) is 7.38. The molecule has 0 aliphatic heterocycles. The predicted octanol–water partition coefficient (Wildman–Crippen LogP) is 3.36. The number of aliphatic hydroxyl groups is 2. The zero-order chi connectivity index (χ0) is 12.8. The van der Waals surface area contributed by atoms with E-state index in [1.165, 1.54) is 19.3 Å². The van der Waals surface area contributed by atoms with Crippen LogP contribution in [0.5, 0.6) is 0 Å². The van der Waals surface area contributed by atoms with E-state index in [9.17, 15) is 10.2 Å². The van der Waals surface area contributed by atoms with E-state index in [1.54, 1.807) is 0 Å². The van der Waals surface area contributed by atoms with Gasteiger partial charge in [0.1, 0.15) is 0 Å². The van der Waals surface area contributed by atoms with E-state index in [0.29, 0.717) is 17.8 Å². The maximum absolute atomic E-state index is 10.3. The van der Waals surface area contributed by atoms with Crippen LogP contribution < -0.4 is 0 Å². The van der Waals surface area contributed by atoms with E-state index in [4.69, 9.17) is 0 Å². The fourth-order valence-corrected chi connectivity index (χ4v) is 3.13. The molecule has 1 rings (SSSR count). The van der Waals surface area contributed by atoms with Gasteiger partial charge in [-0.2, -0.15) is 0 Å². The van der Waals surface area contributed by atoms with Gasteiger partial charge in [0.2, 0.25) is 0 Å². The van der Waals surface area contributed by atoms with Crippen LogP contribution in [0.4, 0.5) is 0 Å². The molecular weight excluding hydrogens is 212 g/mol. The molecule has 17 heavy (non-hydrogen) atoms. The van der Waals surface area contributed by atoms with Crippen molar-refractivity contribution in [2.24, 2.45) is 17.8 Å². The summed E-state index contributed by atoms with van der Waals surface area (Å²) < 4.78 is 0. The van der Waals surface area contributed by atoms with Crippen LogP contribution in [0, 0.1) is 17.8 Å². The first-order valence-electron chi connectivity index (χ1n) is 7.40. The fraction of sp³-hybridized carbons (Fsp3) is 1.00. The molecule has 2 heteroatoms. The highest BCUT2D eigenvalue weighted by atomic mass is 16.3. The third-order valence-corrected chi connectivity index (χ3v) is 4.58. The summed E-state index contributed by atoms with van der Waals surface area (Å²) in [6, 6.07) is 0. The summed E-state index contributed by atoms with van der Waals surface area (Å²) >= 11 is 0. The van der Waals surface area contributed by atoms with Gasteiger partial charge in [-0.3, -0.25) is 0 Å². The topological polar surface area (TPSA) is 40.5 Å². The van der Waals surface area contributed by atoms with Crippen LogP contribution in [0.3, 0.4) is 0 Å². The van der Waals surface area contributed by atoms with E-state index in [0.717, 1.165) is 25.7 Å². The van der Waals surface area contributed by atoms with Crippen LogP contribution in [0.1, 0.15) is 65.7 Å². The third kappa shape index (κ3) is 4.97. The third-order valence-electron chi connectivity index (χ3n) is 4.58. The van der Waals surface area contributed by atoms with Crippen LogP contribution in [-0.4, -0.2) is 22.4 Å². The van der Waals surface area contributed by atoms with E-state index >= 15 is 0 Å². The highest BCUT2D eigenvalue weighted by Crippen LogP contribution is 2.31. The van der Waals surface area contributed by atoms with Crippen molar-refractivity contribution in [3.05, 3.63) is 0 Å². The Hall–Kier alpha value is -0.0800. The van der Waals surface area contributed by atoms with Crippen molar-refractivity contribution in [1.82, 2.24) is 0 Å². The zero-order valence-electron chi connectivity index (χ0n) is 11.7. The number of hydrogen-bond donors (Lipinski definition) is 2. The normalized spacial score (nSPS) is 30.9. The van der Waals surface area contributed by atoms with Gasteiger partial charge >= 0.3 is 0 Å². The molecule has 1 fully saturated rings. The molecule has 0 aromatic heterocycles. The molecule has 2 N–H and O–H groups in total. The minimum atomic E-state index is -0.188. The molecule has 102 valence electrons. The van der Waals surface area contributed by atoms with Gasteiger partial charge in [-0.25, -0.2) is 0 Å². The summed E-state index contributed by atoms with van der Waals surface area (Å²) in [6.07, 6.45) is 7.12. The predicted molar refractivity (Wildman–Crippen MR) is 71.8 cm³/mol. The highest BCUT2D eigenvalue weighted by molar-refractivity contribution is 4.78. The van der Waals surface area contributed by atoms with Gasteiger partial charge in [-0.1, -0.05) is 46.5 Å². The molecule has 2 nitrogen and oxygen atoms in total. The van der Waals surface area contributed by atoms with Gasteiger partial charge in [0.15, 0.2) is 0 Å². The zero-order valence-corrected chi connectivity index (χ0v) is 11.7. The van der Waals surface area contributed by atoms with Crippen molar-refractivity contribution in [3.8, 4) is 0 Å². The Balaban J connectivity index is 2.34. The minimum absolute atomic E-state index is 0.121. The summed E-state index contributed by atoms with van der Waals surface area (Å²) in [5.74, 6) is 1.52. The summed E-state index contributed by atoms with van der Waals surface area (Å²) in [4.78, 5) is 0. The van der Waals surface area contributed by atoms with Gasteiger partial charge in [-0.05, 0) is 37.0 Å². The monoisotopic (exact) mass is 242 g/mol. The van der Waals surface area contributed by atoms with Crippen molar-refractivity contribution in [2.75, 3.05) is 0 Å². The lowest BCUT2D eigenvalue weighted by Crippen LogP contribution is -2.29. The van der Waals surface area contributed by atoms with E-state index in [1.807, 2.05) is 0 Å². The summed E-state index contributed by atoms with van der Waals surface area (Å²) in [6.45, 7) is 6.62. The maximum atomic E-state index is 10.3. The Bertz CT molecular complexity index is 205. The second-order valence-corrected chi connectivity index (χ2v) is 6.11. The largest absolute Gasteiger partial charge is 0.393 e. The smallest absolute Gasteiger partial charge is 0.0571 e. The molecule has 0 saturated heterocycles. The molecule has 0 aromatic carbocycles. The Kier molecular flexibility index (Phi) is 6.50. The second-order valence-electron chi connectivity index (χ2n) is 6.11. The lowest BCUT2D eigenvalue weighted by Gasteiger charge is -2.31. The van der Waals surface area contributed by atoms with E-state index in [-0.39, 0.29) is 12.2 Å². The van der Waals surface area contributed by atoms with Crippen LogP contribution in [-0.2, 0) is 0 Å². The first-order chi connectivity index (χ1) is 8.04. The lowest BCUT2D eigenvalue weighted by molar-refractivity contribution is 0.0347. The summed E-state index contributed by atoms with van der Waals surface area (Å²) in [5, 5.41) is 19.9. The molecule has 0 radical (unpaired) electrons. The Morgan fingerprint density at radius 2 is 1.94 bits per heavy atom. The number of rotatable bonds is 6. The fourth-order valence-electron chi connectivity index (χ4n) is 3.13. The highest BCUT2D eigenvalue weighted by Gasteiger charge is 2.26. The van der Waals surface area contributed by atoms with Crippen LogP contribution in [0.15, 0.2) is 0 Å². The first kappa shape index (κ1) is 15.0. The van der Waals surface area contributed by atoms with Crippen LogP contribution >= 0.6 is 0 Å². The molecule has 1 saturated carbocycles. The summed E-state index contributed by atoms with van der Waals surface area (Å²) in [7, 11) is 0. The van der Waals surface area contributed by atoms with Gasteiger partial charge < -0.3 is 10.2 Å². The molecule has 1 aliphatic carbocycles. The standard InChI is InChI=1S/C15H30O2/c1-4-6-11(2)12(3)15(17)10-13-7-5-8-14(16)9-13/h11-17H,4-10H2,1-3H3/t11?,12?,13?,14?,15-/m1/s1. The van der Waals surface area contributed by atoms with Crippen molar-refractivity contribution < 1.29 is 10.2 Å². The number of aliphatic hydroxyl groups excluding tert-OH is 2. The first-order valence-corrected chi connectivity index (χ1v) is 7.40. The minimum Gasteiger partial charge on any atom is -0.393 e. The van der Waals surface area contributed by atoms with Crippen molar-refractivity contribution in [2.45, 2.75) is 77.9 Å². The molecule has 4 unspecified atom stereocenters. The quantitative estimate of drug-likeness (QED) is 0.750. The molecule has 0 aromatic rings. The molecule has 1 aliphatic rings. The van der Waals surface area contributed by atoms with Gasteiger partial charge in [0.05, 0.1) is 12.2 Å². The SMILES string of the molecule is CCCC(C)C(C)[C@H](O)CC1CCCC(O)C1. The van der Waals surface area contributed by atoms with E-state index < -0.39 is 0 Å². The van der Waals surface area contributed by atoms with Crippen LogP contribution in [0.25, 0.3) is 0 Å². The van der Waals surface area contributed by atoms with Crippen molar-refractivity contribution in [1.29, 1.82) is 0 Å². The molecule has 0 amide bonds. The molecule has 0 heterocycles. The lowest BCUT2D eigenvalue weighted by atomic mass is 9.79. The summed E-state index contributed by atoms with van der Waals surface area (Å²) in [5.41, 5.74) is 0. The maximum Gasteiger partial charge on any atom is 0.0571 e. The molecule has 0 spiro atoms. The van der Waals surface area contributed by atoms with Gasteiger partial charge in [-0.15, -0.1) is 0 Å². The molecule has 0 bridgehead atoms. The van der Waals surface area contributed by atoms with Gasteiger partial charge in [0.25, 0.3) is 0 Å².